The van der Waals surface area contributed by atoms with Crippen LogP contribution in [0.1, 0.15) is 46.3 Å². The molecule has 0 radical (unpaired) electrons. The second-order valence-electron chi connectivity index (χ2n) is 6.65. The molecule has 2 aromatic rings. The normalized spacial score (nSPS) is 21.1. The second kappa shape index (κ2) is 7.90. The quantitative estimate of drug-likeness (QED) is 0.863. The van der Waals surface area contributed by atoms with Gasteiger partial charge in [0.2, 0.25) is 0 Å². The molecule has 2 saturated heterocycles. The fourth-order valence-corrected chi connectivity index (χ4v) is 4.53. The van der Waals surface area contributed by atoms with Crippen molar-refractivity contribution in [2.75, 3.05) is 24.6 Å². The number of thiophene rings is 1. The van der Waals surface area contributed by atoms with Crippen LogP contribution < -0.4 is 10.2 Å². The first-order valence-corrected chi connectivity index (χ1v) is 10.1. The number of anilines is 1. The molecule has 26 heavy (non-hydrogen) atoms. The molecule has 0 aromatic carbocycles. The Balaban J connectivity index is 1.30. The number of carbonyl (C=O) groups excluding carboxylic acids is 1. The fourth-order valence-electron chi connectivity index (χ4n) is 3.44. The number of piperidine rings is 1. The molecule has 2 aliphatic rings. The molecule has 0 spiro atoms. The third-order valence-corrected chi connectivity index (χ3v) is 6.25. The number of nitrogens with one attached hydrogen (secondary N) is 1. The monoisotopic (exact) mass is 392 g/mol. The highest BCUT2D eigenvalue weighted by Gasteiger charge is 2.24. The number of ether oxygens (including phenoxy) is 1. The van der Waals surface area contributed by atoms with E-state index < -0.39 is 0 Å². The molecule has 138 valence electrons. The van der Waals surface area contributed by atoms with Gasteiger partial charge in [-0.3, -0.25) is 4.79 Å². The lowest BCUT2D eigenvalue weighted by Crippen LogP contribution is -2.44. The zero-order valence-electron chi connectivity index (χ0n) is 14.4. The van der Waals surface area contributed by atoms with Gasteiger partial charge in [0.1, 0.15) is 0 Å². The van der Waals surface area contributed by atoms with Crippen molar-refractivity contribution in [3.05, 3.63) is 39.2 Å². The van der Waals surface area contributed by atoms with Crippen LogP contribution in [-0.4, -0.2) is 41.8 Å². The molecule has 4 rings (SSSR count). The first kappa shape index (κ1) is 17.7. The van der Waals surface area contributed by atoms with Gasteiger partial charge in [0.05, 0.1) is 11.0 Å². The van der Waals surface area contributed by atoms with Crippen LogP contribution in [0.25, 0.3) is 0 Å². The van der Waals surface area contributed by atoms with Gasteiger partial charge in [-0.15, -0.1) is 21.5 Å². The summed E-state index contributed by atoms with van der Waals surface area (Å²) in [6.45, 7) is 2.50. The number of nitrogens with zero attached hydrogens (tertiary/aromatic N) is 3. The van der Waals surface area contributed by atoms with E-state index in [-0.39, 0.29) is 18.1 Å². The Morgan fingerprint density at radius 3 is 2.73 bits per heavy atom. The van der Waals surface area contributed by atoms with E-state index in [0.717, 1.165) is 61.0 Å². The molecule has 1 atom stereocenters. The lowest BCUT2D eigenvalue weighted by Gasteiger charge is -2.32. The standard InChI is InChI=1S/C18H21ClN4O2S/c19-16-5-6-17(22-21-16)23-9-7-12(8-10-23)20-18(24)15-4-3-14(26-15)13-2-1-11-25-13/h3-6,12-13H,1-2,7-11H2,(H,20,24). The van der Waals surface area contributed by atoms with Gasteiger partial charge in [0.15, 0.2) is 11.0 Å². The minimum atomic E-state index is 0.0176. The Kier molecular flexibility index (Phi) is 5.38. The molecule has 2 fully saturated rings. The third kappa shape index (κ3) is 4.00. The molecule has 6 nitrogen and oxygen atoms in total. The summed E-state index contributed by atoms with van der Waals surface area (Å²) in [5.41, 5.74) is 0. The molecular formula is C18H21ClN4O2S. The summed E-state index contributed by atoms with van der Waals surface area (Å²) in [6.07, 6.45) is 4.10. The Hall–Kier alpha value is -1.70. The predicted molar refractivity (Wildman–Crippen MR) is 102 cm³/mol. The van der Waals surface area contributed by atoms with E-state index in [1.54, 1.807) is 17.4 Å². The van der Waals surface area contributed by atoms with E-state index in [1.807, 2.05) is 18.2 Å². The van der Waals surface area contributed by atoms with Gasteiger partial charge in [0.25, 0.3) is 5.91 Å². The molecule has 0 aliphatic carbocycles. The van der Waals surface area contributed by atoms with E-state index in [0.29, 0.717) is 5.15 Å². The number of aromatic nitrogens is 2. The lowest BCUT2D eigenvalue weighted by molar-refractivity contribution is 0.0935. The zero-order chi connectivity index (χ0) is 17.9. The van der Waals surface area contributed by atoms with Gasteiger partial charge in [-0.05, 0) is 49.9 Å². The van der Waals surface area contributed by atoms with Crippen LogP contribution in [0.15, 0.2) is 24.3 Å². The fraction of sp³-hybridized carbons (Fsp3) is 0.500. The smallest absolute Gasteiger partial charge is 0.261 e. The summed E-state index contributed by atoms with van der Waals surface area (Å²) in [7, 11) is 0. The molecule has 1 unspecified atom stereocenters. The largest absolute Gasteiger partial charge is 0.373 e. The number of rotatable bonds is 4. The van der Waals surface area contributed by atoms with Crippen LogP contribution in [0.4, 0.5) is 5.82 Å². The maximum absolute atomic E-state index is 12.5. The lowest BCUT2D eigenvalue weighted by atomic mass is 10.0. The van der Waals surface area contributed by atoms with E-state index in [9.17, 15) is 4.79 Å². The predicted octanol–water partition coefficient (Wildman–Crippen LogP) is 3.44. The highest BCUT2D eigenvalue weighted by atomic mass is 35.5. The van der Waals surface area contributed by atoms with Crippen molar-refractivity contribution in [3.8, 4) is 0 Å². The van der Waals surface area contributed by atoms with E-state index >= 15 is 0 Å². The Morgan fingerprint density at radius 1 is 1.19 bits per heavy atom. The van der Waals surface area contributed by atoms with E-state index in [2.05, 4.69) is 20.4 Å². The van der Waals surface area contributed by atoms with Crippen LogP contribution in [0.3, 0.4) is 0 Å². The molecule has 1 amide bonds. The topological polar surface area (TPSA) is 67.4 Å². The molecule has 0 saturated carbocycles. The number of carbonyl (C=O) groups is 1. The zero-order valence-corrected chi connectivity index (χ0v) is 15.9. The highest BCUT2D eigenvalue weighted by molar-refractivity contribution is 7.14. The summed E-state index contributed by atoms with van der Waals surface area (Å²) in [5.74, 6) is 0.850. The summed E-state index contributed by atoms with van der Waals surface area (Å²) in [4.78, 5) is 16.6. The van der Waals surface area contributed by atoms with E-state index in [1.165, 1.54) is 0 Å². The maximum atomic E-state index is 12.5. The second-order valence-corrected chi connectivity index (χ2v) is 8.16. The highest BCUT2D eigenvalue weighted by Crippen LogP contribution is 2.33. The Labute approximate surface area is 161 Å². The van der Waals surface area contributed by atoms with Gasteiger partial charge < -0.3 is 15.0 Å². The van der Waals surface area contributed by atoms with Crippen LogP contribution >= 0.6 is 22.9 Å². The molecule has 1 N–H and O–H groups in total. The molecule has 2 aliphatic heterocycles. The Morgan fingerprint density at radius 2 is 2.04 bits per heavy atom. The maximum Gasteiger partial charge on any atom is 0.261 e. The van der Waals surface area contributed by atoms with Crippen molar-refractivity contribution in [2.45, 2.75) is 37.8 Å². The molecule has 2 aromatic heterocycles. The average Bonchev–Trinajstić information content (AvgIpc) is 3.35. The number of amides is 1. The first-order valence-electron chi connectivity index (χ1n) is 8.95. The Bertz CT molecular complexity index is 753. The van der Waals surface area contributed by atoms with Gasteiger partial charge in [-0.25, -0.2) is 0 Å². The minimum Gasteiger partial charge on any atom is -0.373 e. The van der Waals surface area contributed by atoms with Crippen molar-refractivity contribution < 1.29 is 9.53 Å². The summed E-state index contributed by atoms with van der Waals surface area (Å²) in [6, 6.07) is 7.76. The average molecular weight is 393 g/mol. The van der Waals surface area contributed by atoms with Crippen molar-refractivity contribution in [1.82, 2.24) is 15.5 Å². The first-order chi connectivity index (χ1) is 12.7. The van der Waals surface area contributed by atoms with E-state index in [4.69, 9.17) is 16.3 Å². The van der Waals surface area contributed by atoms with Gasteiger partial charge >= 0.3 is 0 Å². The van der Waals surface area contributed by atoms with Crippen molar-refractivity contribution in [1.29, 1.82) is 0 Å². The van der Waals surface area contributed by atoms with Crippen LogP contribution in [0, 0.1) is 0 Å². The SMILES string of the molecule is O=C(NC1CCN(c2ccc(Cl)nn2)CC1)c1ccc(C2CCCO2)s1. The van der Waals surface area contributed by atoms with Gasteiger partial charge in [0, 0.05) is 30.6 Å². The van der Waals surface area contributed by atoms with Crippen molar-refractivity contribution in [3.63, 3.8) is 0 Å². The minimum absolute atomic E-state index is 0.0176. The van der Waals surface area contributed by atoms with Crippen molar-refractivity contribution in [2.24, 2.45) is 0 Å². The number of halogens is 1. The molecular weight excluding hydrogens is 372 g/mol. The van der Waals surface area contributed by atoms with Crippen LogP contribution in [-0.2, 0) is 4.74 Å². The van der Waals surface area contributed by atoms with Gasteiger partial charge in [-0.2, -0.15) is 0 Å². The molecule has 0 bridgehead atoms. The van der Waals surface area contributed by atoms with Crippen molar-refractivity contribution >= 4 is 34.7 Å². The third-order valence-electron chi connectivity index (χ3n) is 4.87. The summed E-state index contributed by atoms with van der Waals surface area (Å²) in [5, 5.41) is 11.6. The summed E-state index contributed by atoms with van der Waals surface area (Å²) < 4.78 is 5.70. The number of hydrogen-bond donors (Lipinski definition) is 1. The van der Waals surface area contributed by atoms with Crippen LogP contribution in [0.2, 0.25) is 5.15 Å². The summed E-state index contributed by atoms with van der Waals surface area (Å²) >= 11 is 7.33. The van der Waals surface area contributed by atoms with Crippen LogP contribution in [0.5, 0.6) is 0 Å². The van der Waals surface area contributed by atoms with Gasteiger partial charge in [-0.1, -0.05) is 11.6 Å². The molecule has 8 heteroatoms. The molecule has 4 heterocycles. The number of hydrogen-bond acceptors (Lipinski definition) is 6.